The van der Waals surface area contributed by atoms with Crippen molar-refractivity contribution < 1.29 is 4.79 Å². The van der Waals surface area contributed by atoms with Gasteiger partial charge in [0.05, 0.1) is 30.2 Å². The molecule has 0 N–H and O–H groups in total. The lowest BCUT2D eigenvalue weighted by molar-refractivity contribution is 0.111. The van der Waals surface area contributed by atoms with Gasteiger partial charge in [0.1, 0.15) is 5.69 Å². The van der Waals surface area contributed by atoms with Gasteiger partial charge in [0, 0.05) is 0 Å². The second kappa shape index (κ2) is 4.62. The quantitative estimate of drug-likeness (QED) is 0.752. The van der Waals surface area contributed by atoms with Crippen molar-refractivity contribution in [1.82, 2.24) is 9.55 Å². The molecule has 0 saturated carbocycles. The molecule has 1 heterocycles. The zero-order valence-electron chi connectivity index (χ0n) is 9.37. The van der Waals surface area contributed by atoms with E-state index in [0.29, 0.717) is 11.3 Å². The summed E-state index contributed by atoms with van der Waals surface area (Å²) in [4.78, 5) is 14.8. The smallest absolute Gasteiger partial charge is 0.168 e. The average Bonchev–Trinajstić information content (AvgIpc) is 2.86. The van der Waals surface area contributed by atoms with Crippen molar-refractivity contribution in [2.24, 2.45) is 0 Å². The minimum atomic E-state index is 0.0189. The summed E-state index contributed by atoms with van der Waals surface area (Å²) in [6.07, 6.45) is 3.95. The van der Waals surface area contributed by atoms with Gasteiger partial charge in [-0.05, 0) is 24.6 Å². The van der Waals surface area contributed by atoms with Crippen LogP contribution in [0.25, 0.3) is 0 Å². The highest BCUT2D eigenvalue weighted by Gasteiger charge is 2.10. The minimum Gasteiger partial charge on any atom is -0.321 e. The maximum atomic E-state index is 10.8. The van der Waals surface area contributed by atoms with E-state index in [4.69, 9.17) is 5.26 Å². The second-order valence-electron chi connectivity index (χ2n) is 3.75. The molecule has 0 spiro atoms. The van der Waals surface area contributed by atoms with Crippen molar-refractivity contribution in [2.45, 2.75) is 13.0 Å². The summed E-state index contributed by atoms with van der Waals surface area (Å²) in [7, 11) is 0. The third-order valence-corrected chi connectivity index (χ3v) is 2.76. The Hall–Kier alpha value is -2.41. The normalized spacial score (nSPS) is 11.8. The van der Waals surface area contributed by atoms with Crippen LogP contribution in [0.3, 0.4) is 0 Å². The van der Waals surface area contributed by atoms with Crippen molar-refractivity contribution in [2.75, 3.05) is 0 Å². The molecule has 1 aromatic heterocycles. The standard InChI is InChI=1S/C13H11N3O/c1-10(16-9-15-7-13(16)8-17)12-4-2-11(6-14)3-5-12/h2-5,7-10H,1H3. The fourth-order valence-electron chi connectivity index (χ4n) is 1.73. The van der Waals surface area contributed by atoms with Crippen LogP contribution in [0.15, 0.2) is 36.8 Å². The van der Waals surface area contributed by atoms with E-state index in [2.05, 4.69) is 11.1 Å². The summed E-state index contributed by atoms with van der Waals surface area (Å²) in [5, 5.41) is 8.72. The van der Waals surface area contributed by atoms with Gasteiger partial charge in [-0.3, -0.25) is 4.79 Å². The molecule has 1 atom stereocenters. The zero-order chi connectivity index (χ0) is 12.3. The third kappa shape index (κ3) is 2.08. The Labute approximate surface area is 99.1 Å². The van der Waals surface area contributed by atoms with Crippen LogP contribution in [0.1, 0.15) is 34.6 Å². The lowest BCUT2D eigenvalue weighted by atomic mass is 10.1. The summed E-state index contributed by atoms with van der Waals surface area (Å²) < 4.78 is 1.80. The number of aromatic nitrogens is 2. The molecule has 4 nitrogen and oxygen atoms in total. The molecule has 4 heteroatoms. The maximum absolute atomic E-state index is 10.8. The van der Waals surface area contributed by atoms with Gasteiger partial charge in [-0.15, -0.1) is 0 Å². The van der Waals surface area contributed by atoms with Gasteiger partial charge in [0.15, 0.2) is 6.29 Å². The van der Waals surface area contributed by atoms with E-state index >= 15 is 0 Å². The van der Waals surface area contributed by atoms with Crippen LogP contribution in [-0.2, 0) is 0 Å². The number of carbonyl (C=O) groups excluding carboxylic acids is 1. The van der Waals surface area contributed by atoms with E-state index in [9.17, 15) is 4.79 Å². The van der Waals surface area contributed by atoms with Crippen LogP contribution in [0, 0.1) is 11.3 Å². The Morgan fingerprint density at radius 2 is 2.12 bits per heavy atom. The van der Waals surface area contributed by atoms with Gasteiger partial charge in [-0.2, -0.15) is 5.26 Å². The fourth-order valence-corrected chi connectivity index (χ4v) is 1.73. The minimum absolute atomic E-state index is 0.0189. The molecular weight excluding hydrogens is 214 g/mol. The summed E-state index contributed by atoms with van der Waals surface area (Å²) in [6, 6.07) is 9.40. The predicted molar refractivity (Wildman–Crippen MR) is 62.6 cm³/mol. The summed E-state index contributed by atoms with van der Waals surface area (Å²) >= 11 is 0. The monoisotopic (exact) mass is 225 g/mol. The largest absolute Gasteiger partial charge is 0.321 e. The second-order valence-corrected chi connectivity index (χ2v) is 3.75. The lowest BCUT2D eigenvalue weighted by Gasteiger charge is -2.14. The van der Waals surface area contributed by atoms with Gasteiger partial charge < -0.3 is 4.57 Å². The number of imidazole rings is 1. The van der Waals surface area contributed by atoms with Crippen molar-refractivity contribution in [3.63, 3.8) is 0 Å². The first-order valence-corrected chi connectivity index (χ1v) is 5.23. The maximum Gasteiger partial charge on any atom is 0.168 e. The topological polar surface area (TPSA) is 58.7 Å². The molecule has 1 unspecified atom stereocenters. The molecule has 2 rings (SSSR count). The first kappa shape index (κ1) is 11.1. The Balaban J connectivity index is 2.34. The average molecular weight is 225 g/mol. The molecule has 0 bridgehead atoms. The van der Waals surface area contributed by atoms with Crippen LogP contribution >= 0.6 is 0 Å². The highest BCUT2D eigenvalue weighted by atomic mass is 16.1. The zero-order valence-corrected chi connectivity index (χ0v) is 9.37. The van der Waals surface area contributed by atoms with Crippen LogP contribution in [0.2, 0.25) is 0 Å². The molecule has 0 fully saturated rings. The molecule has 84 valence electrons. The van der Waals surface area contributed by atoms with Crippen LogP contribution in [0.4, 0.5) is 0 Å². The van der Waals surface area contributed by atoms with E-state index in [0.717, 1.165) is 11.8 Å². The van der Waals surface area contributed by atoms with E-state index in [-0.39, 0.29) is 6.04 Å². The summed E-state index contributed by atoms with van der Waals surface area (Å²) in [6.45, 7) is 1.98. The Morgan fingerprint density at radius 1 is 1.41 bits per heavy atom. The van der Waals surface area contributed by atoms with Crippen molar-refractivity contribution in [3.05, 3.63) is 53.6 Å². The van der Waals surface area contributed by atoms with E-state index in [1.165, 1.54) is 6.20 Å². The van der Waals surface area contributed by atoms with E-state index in [1.807, 2.05) is 19.1 Å². The van der Waals surface area contributed by atoms with E-state index < -0.39 is 0 Å². The van der Waals surface area contributed by atoms with Crippen molar-refractivity contribution >= 4 is 6.29 Å². The molecule has 0 aliphatic heterocycles. The number of benzene rings is 1. The molecule has 0 radical (unpaired) electrons. The SMILES string of the molecule is CC(c1ccc(C#N)cc1)n1cncc1C=O. The number of rotatable bonds is 3. The predicted octanol–water partition coefficient (Wildman–Crippen LogP) is 2.18. The van der Waals surface area contributed by atoms with Gasteiger partial charge >= 0.3 is 0 Å². The molecule has 0 amide bonds. The molecular formula is C13H11N3O. The van der Waals surface area contributed by atoms with Crippen LogP contribution < -0.4 is 0 Å². The third-order valence-electron chi connectivity index (χ3n) is 2.76. The number of carbonyl (C=O) groups is 1. The number of hydrogen-bond donors (Lipinski definition) is 0. The summed E-state index contributed by atoms with van der Waals surface area (Å²) in [5.41, 5.74) is 2.20. The van der Waals surface area contributed by atoms with Crippen LogP contribution in [0.5, 0.6) is 0 Å². The fraction of sp³-hybridized carbons (Fsp3) is 0.154. The Bertz CT molecular complexity index is 563. The van der Waals surface area contributed by atoms with Gasteiger partial charge in [-0.25, -0.2) is 4.98 Å². The number of aldehydes is 1. The van der Waals surface area contributed by atoms with Gasteiger partial charge in [-0.1, -0.05) is 12.1 Å². The first-order chi connectivity index (χ1) is 8.26. The van der Waals surface area contributed by atoms with Crippen molar-refractivity contribution in [1.29, 1.82) is 5.26 Å². The molecule has 0 aliphatic rings. The first-order valence-electron chi connectivity index (χ1n) is 5.23. The lowest BCUT2D eigenvalue weighted by Crippen LogP contribution is -2.08. The number of hydrogen-bond acceptors (Lipinski definition) is 3. The highest BCUT2D eigenvalue weighted by Crippen LogP contribution is 2.19. The van der Waals surface area contributed by atoms with Crippen molar-refractivity contribution in [3.8, 4) is 6.07 Å². The molecule has 17 heavy (non-hydrogen) atoms. The Morgan fingerprint density at radius 3 is 2.71 bits per heavy atom. The van der Waals surface area contributed by atoms with Crippen LogP contribution in [-0.4, -0.2) is 15.8 Å². The molecule has 0 saturated heterocycles. The summed E-state index contributed by atoms with van der Waals surface area (Å²) in [5.74, 6) is 0. The number of nitrogens with zero attached hydrogens (tertiary/aromatic N) is 3. The number of nitriles is 1. The highest BCUT2D eigenvalue weighted by molar-refractivity contribution is 5.71. The molecule has 2 aromatic rings. The Kier molecular flexibility index (Phi) is 3.01. The van der Waals surface area contributed by atoms with E-state index in [1.54, 1.807) is 23.0 Å². The van der Waals surface area contributed by atoms with Gasteiger partial charge in [0.2, 0.25) is 0 Å². The molecule has 1 aromatic carbocycles. The molecule has 0 aliphatic carbocycles. The van der Waals surface area contributed by atoms with Gasteiger partial charge in [0.25, 0.3) is 0 Å².